The molecule has 1 aromatic heterocycles. The van der Waals surface area contributed by atoms with Gasteiger partial charge >= 0.3 is 0 Å². The summed E-state index contributed by atoms with van der Waals surface area (Å²) < 4.78 is 7.46. The molecular weight excluding hydrogens is 288 g/mol. The maximum absolute atomic E-state index is 5.88. The SMILES string of the molecule is CCOc1ccc(C)cc1-c1cn(-c2cc(N)ccc2C)nn1. The molecule has 0 amide bonds. The van der Waals surface area contributed by atoms with Crippen molar-refractivity contribution in [2.75, 3.05) is 12.3 Å². The standard InChI is InChI=1S/C18H20N4O/c1-4-23-18-8-5-12(2)9-15(18)16-11-22(21-20-16)17-10-14(19)7-6-13(17)3/h5-11H,4,19H2,1-3H3. The van der Waals surface area contributed by atoms with Crippen molar-refractivity contribution in [2.24, 2.45) is 0 Å². The van der Waals surface area contributed by atoms with Crippen LogP contribution in [0.15, 0.2) is 42.6 Å². The summed E-state index contributed by atoms with van der Waals surface area (Å²) in [6.45, 7) is 6.65. The van der Waals surface area contributed by atoms with Crippen LogP contribution in [0.5, 0.6) is 5.75 Å². The molecule has 0 bridgehead atoms. The van der Waals surface area contributed by atoms with E-state index in [1.54, 1.807) is 4.68 Å². The predicted molar refractivity (Wildman–Crippen MR) is 91.9 cm³/mol. The average Bonchev–Trinajstić information content (AvgIpc) is 3.01. The molecule has 0 atom stereocenters. The Balaban J connectivity index is 2.06. The Kier molecular flexibility index (Phi) is 4.02. The van der Waals surface area contributed by atoms with Crippen LogP contribution in [0.3, 0.4) is 0 Å². The van der Waals surface area contributed by atoms with Crippen LogP contribution in [0.1, 0.15) is 18.1 Å². The number of benzene rings is 2. The second-order valence-electron chi connectivity index (χ2n) is 5.53. The van der Waals surface area contributed by atoms with Gasteiger partial charge in [-0.3, -0.25) is 0 Å². The van der Waals surface area contributed by atoms with Gasteiger partial charge in [-0.1, -0.05) is 22.9 Å². The van der Waals surface area contributed by atoms with Gasteiger partial charge < -0.3 is 10.5 Å². The number of hydrogen-bond donors (Lipinski definition) is 1. The van der Waals surface area contributed by atoms with E-state index < -0.39 is 0 Å². The van der Waals surface area contributed by atoms with E-state index in [9.17, 15) is 0 Å². The molecule has 1 heterocycles. The van der Waals surface area contributed by atoms with Crippen molar-refractivity contribution < 1.29 is 4.74 Å². The molecule has 0 spiro atoms. The molecule has 2 N–H and O–H groups in total. The third kappa shape index (κ3) is 3.04. The number of rotatable bonds is 4. The maximum atomic E-state index is 5.88. The van der Waals surface area contributed by atoms with E-state index in [-0.39, 0.29) is 0 Å². The molecule has 23 heavy (non-hydrogen) atoms. The minimum absolute atomic E-state index is 0.610. The van der Waals surface area contributed by atoms with Gasteiger partial charge in [0.25, 0.3) is 0 Å². The molecule has 0 radical (unpaired) electrons. The third-order valence-electron chi connectivity index (χ3n) is 3.68. The number of hydrogen-bond acceptors (Lipinski definition) is 4. The lowest BCUT2D eigenvalue weighted by Crippen LogP contribution is -1.99. The minimum atomic E-state index is 0.610. The third-order valence-corrected chi connectivity index (χ3v) is 3.68. The van der Waals surface area contributed by atoms with Gasteiger partial charge in [-0.2, -0.15) is 0 Å². The van der Waals surface area contributed by atoms with Crippen molar-refractivity contribution in [3.63, 3.8) is 0 Å². The monoisotopic (exact) mass is 308 g/mol. The number of nitrogen functional groups attached to an aromatic ring is 1. The van der Waals surface area contributed by atoms with Crippen molar-refractivity contribution in [3.8, 4) is 22.7 Å². The van der Waals surface area contributed by atoms with Crippen LogP contribution in [0.4, 0.5) is 5.69 Å². The first kappa shape index (κ1) is 15.1. The van der Waals surface area contributed by atoms with E-state index in [1.165, 1.54) is 0 Å². The molecule has 5 heteroatoms. The molecule has 0 fully saturated rings. The quantitative estimate of drug-likeness (QED) is 0.749. The van der Waals surface area contributed by atoms with Gasteiger partial charge in [-0.25, -0.2) is 4.68 Å². The van der Waals surface area contributed by atoms with Crippen LogP contribution in [0.2, 0.25) is 0 Å². The Bertz CT molecular complexity index is 839. The predicted octanol–water partition coefficient (Wildman–Crippen LogP) is 3.53. The smallest absolute Gasteiger partial charge is 0.128 e. The summed E-state index contributed by atoms with van der Waals surface area (Å²) in [5.41, 5.74) is 11.5. The zero-order chi connectivity index (χ0) is 16.4. The Morgan fingerprint density at radius 1 is 1.13 bits per heavy atom. The molecule has 118 valence electrons. The van der Waals surface area contributed by atoms with Crippen LogP contribution < -0.4 is 10.5 Å². The van der Waals surface area contributed by atoms with Gasteiger partial charge in [0.05, 0.1) is 18.5 Å². The lowest BCUT2D eigenvalue weighted by Gasteiger charge is -2.09. The van der Waals surface area contributed by atoms with Crippen LogP contribution in [-0.4, -0.2) is 21.6 Å². The largest absolute Gasteiger partial charge is 0.493 e. The molecule has 3 rings (SSSR count). The zero-order valence-corrected chi connectivity index (χ0v) is 13.6. The van der Waals surface area contributed by atoms with Crippen LogP contribution >= 0.6 is 0 Å². The summed E-state index contributed by atoms with van der Waals surface area (Å²) in [4.78, 5) is 0. The number of nitrogens with zero attached hydrogens (tertiary/aromatic N) is 3. The Morgan fingerprint density at radius 3 is 2.74 bits per heavy atom. The first-order chi connectivity index (χ1) is 11.1. The molecule has 0 aliphatic rings. The highest BCUT2D eigenvalue weighted by Crippen LogP contribution is 2.30. The molecule has 3 aromatic rings. The maximum Gasteiger partial charge on any atom is 0.128 e. The second kappa shape index (κ2) is 6.12. The number of aromatic nitrogens is 3. The molecule has 5 nitrogen and oxygen atoms in total. The summed E-state index contributed by atoms with van der Waals surface area (Å²) in [6.07, 6.45) is 1.90. The highest BCUT2D eigenvalue weighted by Gasteiger charge is 2.12. The van der Waals surface area contributed by atoms with Gasteiger partial charge in [0.1, 0.15) is 11.4 Å². The van der Waals surface area contributed by atoms with Crippen molar-refractivity contribution in [2.45, 2.75) is 20.8 Å². The number of nitrogens with two attached hydrogens (primary N) is 1. The normalized spacial score (nSPS) is 10.7. The average molecular weight is 308 g/mol. The topological polar surface area (TPSA) is 66.0 Å². The van der Waals surface area contributed by atoms with Crippen LogP contribution in [0.25, 0.3) is 16.9 Å². The van der Waals surface area contributed by atoms with E-state index in [2.05, 4.69) is 16.4 Å². The molecule has 2 aromatic carbocycles. The summed E-state index contributed by atoms with van der Waals surface area (Å²) >= 11 is 0. The summed E-state index contributed by atoms with van der Waals surface area (Å²) in [5.74, 6) is 0.814. The Hall–Kier alpha value is -2.82. The summed E-state index contributed by atoms with van der Waals surface area (Å²) in [7, 11) is 0. The molecule has 0 unspecified atom stereocenters. The molecule has 0 saturated heterocycles. The van der Waals surface area contributed by atoms with Crippen molar-refractivity contribution >= 4 is 5.69 Å². The van der Waals surface area contributed by atoms with E-state index >= 15 is 0 Å². The van der Waals surface area contributed by atoms with Crippen molar-refractivity contribution in [3.05, 3.63) is 53.7 Å². The van der Waals surface area contributed by atoms with Crippen LogP contribution in [-0.2, 0) is 0 Å². The molecular formula is C18H20N4O. The van der Waals surface area contributed by atoms with Crippen molar-refractivity contribution in [1.82, 2.24) is 15.0 Å². The fourth-order valence-corrected chi connectivity index (χ4v) is 2.50. The lowest BCUT2D eigenvalue weighted by molar-refractivity contribution is 0.341. The van der Waals surface area contributed by atoms with E-state index in [0.29, 0.717) is 12.3 Å². The van der Waals surface area contributed by atoms with Crippen molar-refractivity contribution in [1.29, 1.82) is 0 Å². The zero-order valence-electron chi connectivity index (χ0n) is 13.6. The number of ether oxygens (including phenoxy) is 1. The van der Waals surface area contributed by atoms with Gasteiger partial charge in [-0.15, -0.1) is 5.10 Å². The first-order valence-electron chi connectivity index (χ1n) is 7.61. The highest BCUT2D eigenvalue weighted by atomic mass is 16.5. The van der Waals surface area contributed by atoms with Gasteiger partial charge in [0.15, 0.2) is 0 Å². The van der Waals surface area contributed by atoms with Crippen LogP contribution in [0, 0.1) is 13.8 Å². The summed E-state index contributed by atoms with van der Waals surface area (Å²) in [5, 5.41) is 8.56. The summed E-state index contributed by atoms with van der Waals surface area (Å²) in [6, 6.07) is 11.8. The molecule has 0 aliphatic carbocycles. The fraction of sp³-hybridized carbons (Fsp3) is 0.222. The Labute approximate surface area is 135 Å². The van der Waals surface area contributed by atoms with Gasteiger partial charge in [-0.05, 0) is 50.6 Å². The minimum Gasteiger partial charge on any atom is -0.493 e. The first-order valence-corrected chi connectivity index (χ1v) is 7.61. The molecule has 0 aliphatic heterocycles. The van der Waals surface area contributed by atoms with Gasteiger partial charge in [0.2, 0.25) is 0 Å². The highest BCUT2D eigenvalue weighted by molar-refractivity contribution is 5.67. The van der Waals surface area contributed by atoms with E-state index in [4.69, 9.17) is 10.5 Å². The van der Waals surface area contributed by atoms with E-state index in [1.807, 2.05) is 57.3 Å². The molecule has 0 saturated carbocycles. The number of anilines is 1. The number of aryl methyl sites for hydroxylation is 2. The Morgan fingerprint density at radius 2 is 1.96 bits per heavy atom. The van der Waals surface area contributed by atoms with E-state index in [0.717, 1.165) is 33.8 Å². The fourth-order valence-electron chi connectivity index (χ4n) is 2.50. The lowest BCUT2D eigenvalue weighted by atomic mass is 10.1. The second-order valence-corrected chi connectivity index (χ2v) is 5.53. The van der Waals surface area contributed by atoms with Gasteiger partial charge in [0, 0.05) is 11.3 Å².